The number of aromatic nitrogens is 1. The molecule has 0 spiro atoms. The molecule has 2 heterocycles. The van der Waals surface area contributed by atoms with Crippen LogP contribution < -0.4 is 5.32 Å². The number of allylic oxidation sites excluding steroid dienone is 1. The fourth-order valence-electron chi connectivity index (χ4n) is 2.56. The highest BCUT2D eigenvalue weighted by Crippen LogP contribution is 2.16. The van der Waals surface area contributed by atoms with Gasteiger partial charge in [-0.25, -0.2) is 0 Å². The average molecular weight is 312 g/mol. The van der Waals surface area contributed by atoms with Crippen LogP contribution in [0.5, 0.6) is 0 Å². The summed E-state index contributed by atoms with van der Waals surface area (Å²) in [5, 5.41) is 21.1. The Morgan fingerprint density at radius 2 is 2.13 bits per heavy atom. The van der Waals surface area contributed by atoms with Gasteiger partial charge in [0.25, 0.3) is 0 Å². The molecule has 0 aromatic carbocycles. The molecular formula is C16H20N6O. The van der Waals surface area contributed by atoms with Gasteiger partial charge in [-0.05, 0) is 17.7 Å². The molecule has 23 heavy (non-hydrogen) atoms. The van der Waals surface area contributed by atoms with Crippen LogP contribution in [-0.4, -0.2) is 54.8 Å². The highest BCUT2D eigenvalue weighted by atomic mass is 16.5. The van der Waals surface area contributed by atoms with Crippen molar-refractivity contribution in [3.63, 3.8) is 0 Å². The predicted molar refractivity (Wildman–Crippen MR) is 84.3 cm³/mol. The molecule has 120 valence electrons. The molecule has 2 rings (SSSR count). The maximum absolute atomic E-state index is 9.07. The summed E-state index contributed by atoms with van der Waals surface area (Å²) in [6.07, 6.45) is 3.35. The van der Waals surface area contributed by atoms with Crippen molar-refractivity contribution >= 4 is 0 Å². The molecule has 0 aliphatic carbocycles. The van der Waals surface area contributed by atoms with Crippen LogP contribution in [0.1, 0.15) is 5.56 Å². The maximum atomic E-state index is 9.07. The van der Waals surface area contributed by atoms with Crippen LogP contribution in [0.2, 0.25) is 0 Å². The molecule has 1 aliphatic rings. The highest BCUT2D eigenvalue weighted by molar-refractivity contribution is 5.38. The van der Waals surface area contributed by atoms with Crippen LogP contribution in [0.15, 0.2) is 35.9 Å². The standard InChI is InChI=1S/C16H20N6O/c1-19-16(14(9-17)10-18)21(2)15-12-22(7-8-23-15)11-13-3-5-20-6-4-13/h3-6,15,19H,7-8,11-12H2,1-2H3. The van der Waals surface area contributed by atoms with Gasteiger partial charge in [-0.15, -0.1) is 0 Å². The summed E-state index contributed by atoms with van der Waals surface area (Å²) in [4.78, 5) is 8.12. The van der Waals surface area contributed by atoms with E-state index in [1.165, 1.54) is 5.56 Å². The minimum absolute atomic E-state index is 0.0462. The molecule has 7 nitrogen and oxygen atoms in total. The molecule has 1 aromatic rings. The molecule has 1 atom stereocenters. The third kappa shape index (κ3) is 4.19. The second kappa shape index (κ2) is 8.14. The SMILES string of the molecule is CNC(=C(C#N)C#N)N(C)C1CN(Cc2ccncc2)CCO1. The normalized spacial score (nSPS) is 17.7. The summed E-state index contributed by atoms with van der Waals surface area (Å²) in [5.74, 6) is 0.478. The molecule has 7 heteroatoms. The number of likely N-dealkylation sites (N-methyl/N-ethyl adjacent to an activating group) is 1. The average Bonchev–Trinajstić information content (AvgIpc) is 2.60. The molecule has 0 radical (unpaired) electrons. The zero-order valence-electron chi connectivity index (χ0n) is 13.4. The number of ether oxygens (including phenoxy) is 1. The van der Waals surface area contributed by atoms with Gasteiger partial charge >= 0.3 is 0 Å². The smallest absolute Gasteiger partial charge is 0.169 e. The van der Waals surface area contributed by atoms with E-state index in [9.17, 15) is 0 Å². The number of nitrogens with one attached hydrogen (secondary N) is 1. The van der Waals surface area contributed by atoms with Crippen LogP contribution in [-0.2, 0) is 11.3 Å². The Bertz CT molecular complexity index is 614. The number of hydrogen-bond donors (Lipinski definition) is 1. The van der Waals surface area contributed by atoms with Crippen molar-refractivity contribution < 1.29 is 4.74 Å². The number of pyridine rings is 1. The Balaban J connectivity index is 2.07. The first-order valence-corrected chi connectivity index (χ1v) is 7.37. The van der Waals surface area contributed by atoms with Gasteiger partial charge in [-0.1, -0.05) is 0 Å². The van der Waals surface area contributed by atoms with Crippen LogP contribution in [0.4, 0.5) is 0 Å². The van der Waals surface area contributed by atoms with E-state index in [0.29, 0.717) is 19.0 Å². The van der Waals surface area contributed by atoms with Gasteiger partial charge in [0.15, 0.2) is 5.57 Å². The van der Waals surface area contributed by atoms with Crippen LogP contribution in [0, 0.1) is 22.7 Å². The zero-order valence-corrected chi connectivity index (χ0v) is 13.4. The van der Waals surface area contributed by atoms with E-state index >= 15 is 0 Å². The lowest BCUT2D eigenvalue weighted by Gasteiger charge is -2.39. The summed E-state index contributed by atoms with van der Waals surface area (Å²) >= 11 is 0. The summed E-state index contributed by atoms with van der Waals surface area (Å²) in [6, 6.07) is 7.82. The molecule has 1 saturated heterocycles. The number of morpholine rings is 1. The third-order valence-electron chi connectivity index (χ3n) is 3.77. The van der Waals surface area contributed by atoms with Gasteiger partial charge in [0, 0.05) is 46.1 Å². The highest BCUT2D eigenvalue weighted by Gasteiger charge is 2.26. The second-order valence-electron chi connectivity index (χ2n) is 5.22. The quantitative estimate of drug-likeness (QED) is 0.799. The Hall–Kier alpha value is -2.61. The molecule has 1 N–H and O–H groups in total. The summed E-state index contributed by atoms with van der Waals surface area (Å²) in [7, 11) is 3.51. The maximum Gasteiger partial charge on any atom is 0.169 e. The van der Waals surface area contributed by atoms with Gasteiger partial charge in [-0.3, -0.25) is 9.88 Å². The second-order valence-corrected chi connectivity index (χ2v) is 5.22. The topological polar surface area (TPSA) is 88.2 Å². The van der Waals surface area contributed by atoms with Crippen molar-refractivity contribution in [3.05, 3.63) is 41.5 Å². The zero-order chi connectivity index (χ0) is 16.7. The Morgan fingerprint density at radius 1 is 1.43 bits per heavy atom. The minimum atomic E-state index is -0.218. The van der Waals surface area contributed by atoms with Crippen LogP contribution >= 0.6 is 0 Å². The molecule has 0 amide bonds. The third-order valence-corrected chi connectivity index (χ3v) is 3.77. The molecule has 1 aliphatic heterocycles. The van der Waals surface area contributed by atoms with Crippen LogP contribution in [0.3, 0.4) is 0 Å². The lowest BCUT2D eigenvalue weighted by atomic mass is 10.2. The van der Waals surface area contributed by atoms with E-state index in [1.54, 1.807) is 24.3 Å². The Morgan fingerprint density at radius 3 is 2.74 bits per heavy atom. The monoisotopic (exact) mass is 312 g/mol. The first kappa shape index (κ1) is 16.8. The fraction of sp³-hybridized carbons (Fsp3) is 0.438. The van der Waals surface area contributed by atoms with E-state index in [0.717, 1.165) is 13.1 Å². The van der Waals surface area contributed by atoms with E-state index in [-0.39, 0.29) is 11.8 Å². The Kier molecular flexibility index (Phi) is 5.93. The number of rotatable bonds is 5. The van der Waals surface area contributed by atoms with Gasteiger partial charge < -0.3 is 15.0 Å². The summed E-state index contributed by atoms with van der Waals surface area (Å²) in [5.41, 5.74) is 1.24. The summed E-state index contributed by atoms with van der Waals surface area (Å²) < 4.78 is 5.81. The van der Waals surface area contributed by atoms with Crippen molar-refractivity contribution in [2.24, 2.45) is 0 Å². The predicted octanol–water partition coefficient (Wildman–Crippen LogP) is 0.650. The van der Waals surface area contributed by atoms with Gasteiger partial charge in [0.05, 0.1) is 6.61 Å². The largest absolute Gasteiger partial charge is 0.373 e. The van der Waals surface area contributed by atoms with E-state index in [4.69, 9.17) is 15.3 Å². The molecule has 0 saturated carbocycles. The van der Waals surface area contributed by atoms with E-state index in [1.807, 2.05) is 31.3 Å². The van der Waals surface area contributed by atoms with Crippen molar-refractivity contribution in [1.29, 1.82) is 10.5 Å². The van der Waals surface area contributed by atoms with Gasteiger partial charge in [-0.2, -0.15) is 10.5 Å². The van der Waals surface area contributed by atoms with Crippen molar-refractivity contribution in [1.82, 2.24) is 20.1 Å². The van der Waals surface area contributed by atoms with Gasteiger partial charge in [0.1, 0.15) is 24.2 Å². The molecular weight excluding hydrogens is 292 g/mol. The van der Waals surface area contributed by atoms with E-state index < -0.39 is 0 Å². The first-order chi connectivity index (χ1) is 11.2. The van der Waals surface area contributed by atoms with Gasteiger partial charge in [0.2, 0.25) is 0 Å². The molecule has 1 fully saturated rings. The minimum Gasteiger partial charge on any atom is -0.373 e. The Labute approximate surface area is 136 Å². The summed E-state index contributed by atoms with van der Waals surface area (Å²) in [6.45, 7) is 2.95. The fourth-order valence-corrected chi connectivity index (χ4v) is 2.56. The lowest BCUT2D eigenvalue weighted by molar-refractivity contribution is -0.0953. The molecule has 0 bridgehead atoms. The first-order valence-electron chi connectivity index (χ1n) is 7.37. The molecule has 1 unspecified atom stereocenters. The van der Waals surface area contributed by atoms with E-state index in [2.05, 4.69) is 15.2 Å². The lowest BCUT2D eigenvalue weighted by Crippen LogP contribution is -2.50. The van der Waals surface area contributed by atoms with Crippen molar-refractivity contribution in [2.75, 3.05) is 33.8 Å². The number of hydrogen-bond acceptors (Lipinski definition) is 7. The van der Waals surface area contributed by atoms with Crippen molar-refractivity contribution in [2.45, 2.75) is 12.8 Å². The van der Waals surface area contributed by atoms with Crippen LogP contribution in [0.25, 0.3) is 0 Å². The number of nitrogens with zero attached hydrogens (tertiary/aromatic N) is 5. The molecule has 1 aromatic heterocycles. The number of nitriles is 2. The van der Waals surface area contributed by atoms with Crippen molar-refractivity contribution in [3.8, 4) is 12.1 Å².